The number of hydrogen-bond acceptors (Lipinski definition) is 15. The van der Waals surface area contributed by atoms with Gasteiger partial charge < -0.3 is 70.2 Å². The van der Waals surface area contributed by atoms with Crippen molar-refractivity contribution in [2.45, 2.75) is 154 Å². The van der Waals surface area contributed by atoms with Crippen LogP contribution < -0.4 is 60.2 Å². The van der Waals surface area contributed by atoms with E-state index in [2.05, 4.69) is 37.2 Å². The van der Waals surface area contributed by atoms with Crippen molar-refractivity contribution in [2.75, 3.05) is 18.1 Å². The molecule has 24 nitrogen and oxygen atoms in total. The topological polar surface area (TPSA) is 400 Å². The summed E-state index contributed by atoms with van der Waals surface area (Å²) in [5.41, 5.74) is 22.5. The lowest BCUT2D eigenvalue weighted by atomic mass is 9.85. The molecule has 1 aromatic carbocycles. The Morgan fingerprint density at radius 3 is 1.93 bits per heavy atom. The molecule has 73 heavy (non-hydrogen) atoms. The number of primary amides is 3. The quantitative estimate of drug-likeness (QED) is 0.0738. The minimum Gasteiger partial charge on any atom is -0.508 e. The van der Waals surface area contributed by atoms with Gasteiger partial charge in [0.1, 0.15) is 48.0 Å². The summed E-state index contributed by atoms with van der Waals surface area (Å²) in [5, 5.41) is 28.0. The Hall–Kier alpha value is -6.15. The molecule has 0 saturated carbocycles. The second kappa shape index (κ2) is 28.3. The van der Waals surface area contributed by atoms with E-state index < -0.39 is 156 Å². The van der Waals surface area contributed by atoms with E-state index in [0.717, 1.165) is 21.6 Å². The van der Waals surface area contributed by atoms with Crippen molar-refractivity contribution >= 4 is 86.6 Å². The molecule has 2 fully saturated rings. The number of nitrogens with two attached hydrogens (primary N) is 4. The predicted molar refractivity (Wildman–Crippen MR) is 273 cm³/mol. The van der Waals surface area contributed by atoms with Gasteiger partial charge in [0, 0.05) is 30.4 Å². The molecule has 0 spiro atoms. The largest absolute Gasteiger partial charge is 0.508 e. The van der Waals surface area contributed by atoms with Crippen LogP contribution >= 0.6 is 21.6 Å². The minimum absolute atomic E-state index is 0.0477. The van der Waals surface area contributed by atoms with Crippen LogP contribution in [-0.2, 0) is 59.2 Å². The van der Waals surface area contributed by atoms with E-state index in [-0.39, 0.29) is 42.4 Å². The van der Waals surface area contributed by atoms with Gasteiger partial charge in [-0.2, -0.15) is 0 Å². The highest BCUT2D eigenvalue weighted by Gasteiger charge is 2.48. The molecule has 0 radical (unpaired) electrons. The highest BCUT2D eigenvalue weighted by Crippen LogP contribution is 2.37. The molecule has 26 heteroatoms. The summed E-state index contributed by atoms with van der Waals surface area (Å²) in [6, 6.07) is -5.83. The number of phenols is 1. The van der Waals surface area contributed by atoms with Gasteiger partial charge in [0.2, 0.25) is 65.0 Å². The third-order valence-corrected chi connectivity index (χ3v) is 14.8. The summed E-state index contributed by atoms with van der Waals surface area (Å²) in [6.45, 7) is 12.1. The molecule has 3 rings (SSSR count). The van der Waals surface area contributed by atoms with Gasteiger partial charge in [-0.1, -0.05) is 88.6 Å². The molecule has 0 unspecified atom stereocenters. The second-order valence-corrected chi connectivity index (χ2v) is 22.5. The van der Waals surface area contributed by atoms with E-state index >= 15 is 4.79 Å². The van der Waals surface area contributed by atoms with E-state index in [1.54, 1.807) is 26.0 Å². The first-order valence-electron chi connectivity index (χ1n) is 24.2. The normalized spacial score (nSPS) is 24.9. The number of aromatic hydroxyl groups is 1. The lowest BCUT2D eigenvalue weighted by Gasteiger charge is -2.39. The Kier molecular flexibility index (Phi) is 23.7. The zero-order valence-electron chi connectivity index (χ0n) is 42.4. The summed E-state index contributed by atoms with van der Waals surface area (Å²) >= 11 is 0. The van der Waals surface area contributed by atoms with Gasteiger partial charge in [-0.3, -0.25) is 52.7 Å². The molecule has 0 aliphatic carbocycles. The molecule has 2 heterocycles. The van der Waals surface area contributed by atoms with Gasteiger partial charge in [-0.15, -0.1) is 0 Å². The number of amides is 11. The van der Waals surface area contributed by atoms with Crippen LogP contribution in [0, 0.1) is 17.3 Å². The van der Waals surface area contributed by atoms with Crippen LogP contribution in [0.3, 0.4) is 0 Å². The van der Waals surface area contributed by atoms with Crippen LogP contribution in [0.4, 0.5) is 0 Å². The Morgan fingerprint density at radius 2 is 1.36 bits per heavy atom. The maximum Gasteiger partial charge on any atom is 0.246 e. The Balaban J connectivity index is 2.15. The number of nitrogens with zero attached hydrogens (tertiary/aromatic N) is 1. The van der Waals surface area contributed by atoms with Crippen LogP contribution in [0.1, 0.15) is 99.0 Å². The summed E-state index contributed by atoms with van der Waals surface area (Å²) in [7, 11) is 2.06. The number of carbonyl (C=O) groups excluding carboxylic acids is 11. The maximum atomic E-state index is 15.1. The van der Waals surface area contributed by atoms with E-state index in [1.807, 2.05) is 34.6 Å². The Morgan fingerprint density at radius 1 is 0.767 bits per heavy atom. The van der Waals surface area contributed by atoms with Gasteiger partial charge in [0.25, 0.3) is 0 Å². The summed E-state index contributed by atoms with van der Waals surface area (Å²) in [6.07, 6.45) is -0.783. The van der Waals surface area contributed by atoms with Crippen molar-refractivity contribution in [3.63, 3.8) is 0 Å². The number of carbonyl (C=O) groups is 11. The van der Waals surface area contributed by atoms with Crippen LogP contribution in [0.2, 0.25) is 0 Å². The number of likely N-dealkylation sites (tertiary alicyclic amines) is 1. The van der Waals surface area contributed by atoms with E-state index in [4.69, 9.17) is 22.9 Å². The van der Waals surface area contributed by atoms with Gasteiger partial charge in [0.15, 0.2) is 0 Å². The smallest absolute Gasteiger partial charge is 0.246 e. The molecular weight excluding hydrogens is 989 g/mol. The van der Waals surface area contributed by atoms with Crippen molar-refractivity contribution in [3.8, 4) is 5.75 Å². The van der Waals surface area contributed by atoms with Crippen molar-refractivity contribution in [1.29, 1.82) is 0 Å². The zero-order chi connectivity index (χ0) is 54.9. The first kappa shape index (κ1) is 61.2. The molecule has 1 aromatic rings. The van der Waals surface area contributed by atoms with Gasteiger partial charge in [-0.25, -0.2) is 0 Å². The van der Waals surface area contributed by atoms with Gasteiger partial charge >= 0.3 is 0 Å². The summed E-state index contributed by atoms with van der Waals surface area (Å²) < 4.78 is 0. The molecule has 10 atom stereocenters. The summed E-state index contributed by atoms with van der Waals surface area (Å²) in [5.74, 6) is -10.5. The third kappa shape index (κ3) is 19.3. The summed E-state index contributed by atoms with van der Waals surface area (Å²) in [4.78, 5) is 151. The van der Waals surface area contributed by atoms with Crippen molar-refractivity contribution in [1.82, 2.24) is 42.1 Å². The lowest BCUT2D eigenvalue weighted by molar-refractivity contribution is -0.145. The first-order valence-corrected chi connectivity index (χ1v) is 26.7. The molecule has 2 aliphatic rings. The standard InChI is InChI=1S/C47H74N12O12S2/c1-8-24(4)38-45(70)53-28(13-16-35(49)61)41(66)55-31(19-36(50)62)42(67)57-32(22-73-72-21-27(48)39(64)54-30(43(68)58-38)18-25-9-11-26(60)12-10-25)46(71)59-33(14-15-34(59)47(5,6)7)44(69)56-29(17-23(2)3)40(65)52-20-37(51)63/h9-12,23-24,27-34,38,60H,8,13-22,48H2,1-7H3,(H2,49,61)(H2,50,62)(H2,51,63)(H,52,65)(H,53,70)(H,54,64)(H,55,66)(H,56,69)(H,57,67)(H,58,68)/t24-,27+,28-,29-,30-,31-,32-,33-,34+,38-/m0/s1. The minimum atomic E-state index is -1.77. The fourth-order valence-corrected chi connectivity index (χ4v) is 10.5. The van der Waals surface area contributed by atoms with Crippen molar-refractivity contribution < 1.29 is 57.8 Å². The number of benzene rings is 1. The van der Waals surface area contributed by atoms with Crippen LogP contribution in [0.25, 0.3) is 0 Å². The molecule has 11 amide bonds. The van der Waals surface area contributed by atoms with Crippen LogP contribution in [-0.4, -0.2) is 147 Å². The fraction of sp³-hybridized carbons (Fsp3) is 0.638. The lowest BCUT2D eigenvalue weighted by Crippen LogP contribution is -2.62. The Bertz CT molecular complexity index is 2180. The SMILES string of the molecule is CC[C@H](C)[C@@H]1NC(=O)[C@H](Cc2ccc(O)cc2)NC(=O)[C@H](N)CSSC[C@@H](C(=O)N2[C@H](C(=O)N[C@@H](CC(C)C)C(=O)NCC(N)=O)CC[C@@H]2C(C)(C)C)NC(=O)[C@H](CC(N)=O)NC(=O)[C@H](CCC(N)=O)NC1=O. The molecule has 406 valence electrons. The number of phenolic OH excluding ortho intramolecular Hbond substituents is 1. The first-order chi connectivity index (χ1) is 34.1. The van der Waals surface area contributed by atoms with Crippen LogP contribution in [0.5, 0.6) is 5.75 Å². The molecule has 2 saturated heterocycles. The fourth-order valence-electron chi connectivity index (χ4n) is 8.25. The number of hydrogen-bond donors (Lipinski definition) is 12. The highest BCUT2D eigenvalue weighted by atomic mass is 33.1. The van der Waals surface area contributed by atoms with Crippen molar-refractivity contribution in [2.24, 2.45) is 40.2 Å². The molecule has 2 aliphatic heterocycles. The molecule has 0 aromatic heterocycles. The average molecular weight is 1060 g/mol. The van der Waals surface area contributed by atoms with Gasteiger partial charge in [-0.05, 0) is 60.6 Å². The van der Waals surface area contributed by atoms with E-state index in [0.29, 0.717) is 18.4 Å². The Labute approximate surface area is 433 Å². The van der Waals surface area contributed by atoms with Gasteiger partial charge in [0.05, 0.1) is 19.0 Å². The molecular formula is C47H74N12O12S2. The van der Waals surface area contributed by atoms with Crippen LogP contribution in [0.15, 0.2) is 24.3 Å². The van der Waals surface area contributed by atoms with E-state index in [9.17, 15) is 53.1 Å². The second-order valence-electron chi connectivity index (χ2n) is 19.9. The zero-order valence-corrected chi connectivity index (χ0v) is 44.1. The predicted octanol–water partition coefficient (Wildman–Crippen LogP) is -2.19. The number of nitrogens with one attached hydrogen (secondary N) is 7. The third-order valence-electron chi connectivity index (χ3n) is 12.4. The molecule has 16 N–H and O–H groups in total. The molecule has 0 bridgehead atoms. The monoisotopic (exact) mass is 1060 g/mol. The number of rotatable bonds is 17. The maximum absolute atomic E-state index is 15.1. The van der Waals surface area contributed by atoms with Crippen molar-refractivity contribution in [3.05, 3.63) is 29.8 Å². The average Bonchev–Trinajstić information content (AvgIpc) is 3.77. The highest BCUT2D eigenvalue weighted by molar-refractivity contribution is 8.76. The van der Waals surface area contributed by atoms with E-state index in [1.165, 1.54) is 17.0 Å².